The lowest BCUT2D eigenvalue weighted by molar-refractivity contribution is 0.102. The highest BCUT2D eigenvalue weighted by molar-refractivity contribution is 6.34. The molecular formula is C12H9Cl2N3O3. The van der Waals surface area contributed by atoms with E-state index < -0.39 is 5.91 Å². The molecular weight excluding hydrogens is 305 g/mol. The molecule has 1 aromatic carbocycles. The van der Waals surface area contributed by atoms with Crippen molar-refractivity contribution >= 4 is 35.1 Å². The molecule has 1 heterocycles. The van der Waals surface area contributed by atoms with Gasteiger partial charge in [0.2, 0.25) is 11.8 Å². The van der Waals surface area contributed by atoms with Crippen LogP contribution >= 0.6 is 23.2 Å². The SMILES string of the molecule is COc1cc(Cl)nc(NC(=O)c2cc(O)ccc2Cl)n1. The number of aromatic hydroxyl groups is 1. The first-order chi connectivity index (χ1) is 9.49. The van der Waals surface area contributed by atoms with Crippen molar-refractivity contribution in [2.45, 2.75) is 0 Å². The number of carbonyl (C=O) groups excluding carboxylic acids is 1. The van der Waals surface area contributed by atoms with E-state index in [1.165, 1.54) is 31.4 Å². The Morgan fingerprint density at radius 3 is 2.75 bits per heavy atom. The predicted octanol–water partition coefficient (Wildman–Crippen LogP) is 2.75. The number of phenolic OH excluding ortho intramolecular Hbond substituents is 1. The molecule has 0 bridgehead atoms. The van der Waals surface area contributed by atoms with Crippen molar-refractivity contribution in [2.75, 3.05) is 12.4 Å². The molecule has 2 N–H and O–H groups in total. The topological polar surface area (TPSA) is 84.3 Å². The second-order valence-electron chi connectivity index (χ2n) is 3.67. The maximum atomic E-state index is 12.0. The van der Waals surface area contributed by atoms with Gasteiger partial charge in [0.25, 0.3) is 5.91 Å². The third-order valence-corrected chi connectivity index (χ3v) is 2.82. The Kier molecular flexibility index (Phi) is 4.26. The van der Waals surface area contributed by atoms with E-state index in [1.807, 2.05) is 0 Å². The summed E-state index contributed by atoms with van der Waals surface area (Å²) in [5.41, 5.74) is 0.0919. The Morgan fingerprint density at radius 1 is 1.30 bits per heavy atom. The first kappa shape index (κ1) is 14.4. The molecule has 0 radical (unpaired) electrons. The Labute approximate surface area is 124 Å². The summed E-state index contributed by atoms with van der Waals surface area (Å²) in [5.74, 6) is -0.472. The zero-order valence-electron chi connectivity index (χ0n) is 10.2. The van der Waals surface area contributed by atoms with E-state index in [0.29, 0.717) is 0 Å². The van der Waals surface area contributed by atoms with Gasteiger partial charge in [-0.3, -0.25) is 10.1 Å². The maximum absolute atomic E-state index is 12.0. The van der Waals surface area contributed by atoms with Crippen LogP contribution < -0.4 is 10.1 Å². The molecule has 8 heteroatoms. The molecule has 0 aliphatic carbocycles. The summed E-state index contributed by atoms with van der Waals surface area (Å²) >= 11 is 11.6. The first-order valence-corrected chi connectivity index (χ1v) is 6.13. The number of benzene rings is 1. The molecule has 1 aromatic heterocycles. The van der Waals surface area contributed by atoms with Gasteiger partial charge in [-0.05, 0) is 18.2 Å². The third-order valence-electron chi connectivity index (χ3n) is 2.30. The van der Waals surface area contributed by atoms with Crippen molar-refractivity contribution in [1.29, 1.82) is 0 Å². The summed E-state index contributed by atoms with van der Waals surface area (Å²) in [6.07, 6.45) is 0. The fourth-order valence-electron chi connectivity index (χ4n) is 1.41. The number of nitrogens with zero attached hydrogens (tertiary/aromatic N) is 2. The Balaban J connectivity index is 2.27. The van der Waals surface area contributed by atoms with Crippen LogP contribution in [0.5, 0.6) is 11.6 Å². The second kappa shape index (κ2) is 5.94. The zero-order chi connectivity index (χ0) is 14.7. The van der Waals surface area contributed by atoms with Crippen LogP contribution in [0.1, 0.15) is 10.4 Å². The number of aromatic nitrogens is 2. The van der Waals surface area contributed by atoms with Crippen molar-refractivity contribution in [3.05, 3.63) is 40.0 Å². The smallest absolute Gasteiger partial charge is 0.259 e. The molecule has 0 atom stereocenters. The molecule has 1 amide bonds. The molecule has 0 saturated carbocycles. The van der Waals surface area contributed by atoms with Gasteiger partial charge in [-0.25, -0.2) is 4.98 Å². The summed E-state index contributed by atoms with van der Waals surface area (Å²) in [5, 5.41) is 12.1. The van der Waals surface area contributed by atoms with Crippen molar-refractivity contribution in [3.8, 4) is 11.6 Å². The number of nitrogens with one attached hydrogen (secondary N) is 1. The zero-order valence-corrected chi connectivity index (χ0v) is 11.7. The van der Waals surface area contributed by atoms with Crippen molar-refractivity contribution in [2.24, 2.45) is 0 Å². The monoisotopic (exact) mass is 313 g/mol. The molecule has 0 fully saturated rings. The van der Waals surface area contributed by atoms with E-state index in [1.54, 1.807) is 0 Å². The van der Waals surface area contributed by atoms with Crippen molar-refractivity contribution in [3.63, 3.8) is 0 Å². The van der Waals surface area contributed by atoms with Gasteiger partial charge in [0.1, 0.15) is 10.9 Å². The van der Waals surface area contributed by atoms with Crippen LogP contribution in [0.3, 0.4) is 0 Å². The number of methoxy groups -OCH3 is 1. The van der Waals surface area contributed by atoms with Gasteiger partial charge in [0.05, 0.1) is 17.7 Å². The highest BCUT2D eigenvalue weighted by atomic mass is 35.5. The van der Waals surface area contributed by atoms with Crippen LogP contribution in [0, 0.1) is 0 Å². The molecule has 0 aliphatic rings. The van der Waals surface area contributed by atoms with Gasteiger partial charge in [-0.1, -0.05) is 23.2 Å². The Morgan fingerprint density at radius 2 is 2.05 bits per heavy atom. The highest BCUT2D eigenvalue weighted by Crippen LogP contribution is 2.22. The van der Waals surface area contributed by atoms with Crippen LogP contribution in [0.2, 0.25) is 10.2 Å². The summed E-state index contributed by atoms with van der Waals surface area (Å²) in [4.78, 5) is 19.8. The number of phenols is 1. The minimum Gasteiger partial charge on any atom is -0.508 e. The van der Waals surface area contributed by atoms with Crippen molar-refractivity contribution < 1.29 is 14.6 Å². The predicted molar refractivity (Wildman–Crippen MR) is 74.7 cm³/mol. The molecule has 0 saturated heterocycles. The lowest BCUT2D eigenvalue weighted by Crippen LogP contribution is -2.15. The molecule has 2 aromatic rings. The fraction of sp³-hybridized carbons (Fsp3) is 0.0833. The van der Waals surface area contributed by atoms with Gasteiger partial charge in [-0.15, -0.1) is 0 Å². The summed E-state index contributed by atoms with van der Waals surface area (Å²) in [6.45, 7) is 0. The molecule has 0 spiro atoms. The van der Waals surface area contributed by atoms with Crippen LogP contribution in [0.15, 0.2) is 24.3 Å². The normalized spacial score (nSPS) is 10.2. The quantitative estimate of drug-likeness (QED) is 0.851. The molecule has 104 valence electrons. The summed E-state index contributed by atoms with van der Waals surface area (Å²) in [6, 6.07) is 5.42. The van der Waals surface area contributed by atoms with E-state index in [4.69, 9.17) is 27.9 Å². The first-order valence-electron chi connectivity index (χ1n) is 5.38. The van der Waals surface area contributed by atoms with Crippen LogP contribution in [0.25, 0.3) is 0 Å². The molecule has 6 nitrogen and oxygen atoms in total. The minimum absolute atomic E-state index is 0.0289. The van der Waals surface area contributed by atoms with Crippen LogP contribution in [-0.4, -0.2) is 28.1 Å². The number of hydrogen-bond acceptors (Lipinski definition) is 5. The lowest BCUT2D eigenvalue weighted by Gasteiger charge is -2.07. The van der Waals surface area contributed by atoms with Gasteiger partial charge in [0, 0.05) is 6.07 Å². The molecule has 20 heavy (non-hydrogen) atoms. The van der Waals surface area contributed by atoms with E-state index in [2.05, 4.69) is 15.3 Å². The highest BCUT2D eigenvalue weighted by Gasteiger charge is 2.14. The van der Waals surface area contributed by atoms with Crippen molar-refractivity contribution in [1.82, 2.24) is 9.97 Å². The third kappa shape index (κ3) is 3.28. The standard InChI is InChI=1S/C12H9Cl2N3O3/c1-20-10-5-9(14)15-12(16-10)17-11(19)7-4-6(18)2-3-8(7)13/h2-5,18H,1H3,(H,15,16,17,19). The number of hydrogen-bond donors (Lipinski definition) is 2. The summed E-state index contributed by atoms with van der Waals surface area (Å²) < 4.78 is 4.91. The molecule has 0 aliphatic heterocycles. The number of ether oxygens (including phenoxy) is 1. The largest absolute Gasteiger partial charge is 0.508 e. The Hall–Kier alpha value is -2.05. The maximum Gasteiger partial charge on any atom is 0.259 e. The number of amides is 1. The average molecular weight is 314 g/mol. The second-order valence-corrected chi connectivity index (χ2v) is 4.47. The average Bonchev–Trinajstić information content (AvgIpc) is 2.40. The number of rotatable bonds is 3. The van der Waals surface area contributed by atoms with Crippen LogP contribution in [0.4, 0.5) is 5.95 Å². The molecule has 2 rings (SSSR count). The number of carbonyl (C=O) groups is 1. The van der Waals surface area contributed by atoms with Gasteiger partial charge in [-0.2, -0.15) is 4.98 Å². The number of anilines is 1. The van der Waals surface area contributed by atoms with E-state index >= 15 is 0 Å². The van der Waals surface area contributed by atoms with E-state index in [9.17, 15) is 9.90 Å². The summed E-state index contributed by atoms with van der Waals surface area (Å²) in [7, 11) is 1.41. The molecule has 0 unspecified atom stereocenters. The van der Waals surface area contributed by atoms with E-state index in [-0.39, 0.29) is 33.3 Å². The van der Waals surface area contributed by atoms with Gasteiger partial charge in [0.15, 0.2) is 0 Å². The van der Waals surface area contributed by atoms with E-state index in [0.717, 1.165) is 0 Å². The van der Waals surface area contributed by atoms with Crippen LogP contribution in [-0.2, 0) is 0 Å². The lowest BCUT2D eigenvalue weighted by atomic mass is 10.2. The Bertz CT molecular complexity index is 664. The van der Waals surface area contributed by atoms with Gasteiger partial charge >= 0.3 is 0 Å². The van der Waals surface area contributed by atoms with Gasteiger partial charge < -0.3 is 9.84 Å². The fourth-order valence-corrected chi connectivity index (χ4v) is 1.79. The number of halogens is 2. The minimum atomic E-state index is -0.574.